The van der Waals surface area contributed by atoms with E-state index < -0.39 is 6.03 Å². The number of rotatable bonds is 3. The Bertz CT molecular complexity index is 208. The van der Waals surface area contributed by atoms with Crippen molar-refractivity contribution in [2.75, 3.05) is 38.7 Å². The van der Waals surface area contributed by atoms with Crippen molar-refractivity contribution < 1.29 is 9.53 Å². The molecule has 0 aromatic carbocycles. The second kappa shape index (κ2) is 5.77. The van der Waals surface area contributed by atoms with Crippen LogP contribution >= 0.6 is 11.6 Å². The molecule has 6 nitrogen and oxygen atoms in total. The van der Waals surface area contributed by atoms with Gasteiger partial charge in [0, 0.05) is 19.0 Å². The molecule has 80 valence electrons. The third kappa shape index (κ3) is 2.81. The first-order valence-corrected chi connectivity index (χ1v) is 4.86. The molecule has 2 amide bonds. The van der Waals surface area contributed by atoms with Gasteiger partial charge in [-0.15, -0.1) is 16.5 Å². The van der Waals surface area contributed by atoms with Crippen LogP contribution in [-0.2, 0) is 4.74 Å². The van der Waals surface area contributed by atoms with Crippen LogP contribution in [0.15, 0.2) is 5.29 Å². The van der Waals surface area contributed by atoms with E-state index in [-0.39, 0.29) is 12.4 Å². The number of morpholine rings is 1. The largest absolute Gasteiger partial charge is 0.378 e. The number of hydrogen-bond donors (Lipinski definition) is 0. The second-order valence-corrected chi connectivity index (χ2v) is 3.15. The molecular formula is C7H12ClN3O3. The minimum Gasteiger partial charge on any atom is -0.378 e. The van der Waals surface area contributed by atoms with Gasteiger partial charge in [0.1, 0.15) is 0 Å². The first kappa shape index (κ1) is 11.2. The van der Waals surface area contributed by atoms with Crippen LogP contribution in [0, 0.1) is 4.91 Å². The van der Waals surface area contributed by atoms with Gasteiger partial charge in [-0.1, -0.05) is 0 Å². The van der Waals surface area contributed by atoms with Crippen LogP contribution in [-0.4, -0.2) is 54.7 Å². The van der Waals surface area contributed by atoms with Gasteiger partial charge in [0.05, 0.1) is 25.0 Å². The lowest BCUT2D eigenvalue weighted by Gasteiger charge is -2.28. The molecule has 1 saturated heterocycles. The summed E-state index contributed by atoms with van der Waals surface area (Å²) in [5.74, 6) is 0.196. The highest BCUT2D eigenvalue weighted by Gasteiger charge is 2.22. The number of nitroso groups, excluding NO2 is 1. The number of ether oxygens (including phenoxy) is 1. The standard InChI is InChI=1S/C7H12ClN3O3/c8-1-2-11(9-13)7(12)10-3-5-14-6-4-10/h1-6H2. The summed E-state index contributed by atoms with van der Waals surface area (Å²) >= 11 is 5.42. The van der Waals surface area contributed by atoms with Crippen LogP contribution < -0.4 is 0 Å². The zero-order chi connectivity index (χ0) is 10.4. The summed E-state index contributed by atoms with van der Waals surface area (Å²) in [7, 11) is 0. The Hall–Kier alpha value is -0.880. The zero-order valence-electron chi connectivity index (χ0n) is 7.69. The van der Waals surface area contributed by atoms with E-state index in [0.29, 0.717) is 26.3 Å². The topological polar surface area (TPSA) is 62.2 Å². The van der Waals surface area contributed by atoms with Gasteiger partial charge >= 0.3 is 6.03 Å². The molecule has 0 saturated carbocycles. The Morgan fingerprint density at radius 1 is 1.50 bits per heavy atom. The smallest absolute Gasteiger partial charge is 0.343 e. The van der Waals surface area contributed by atoms with Crippen LogP contribution in [0.25, 0.3) is 0 Å². The molecule has 0 spiro atoms. The number of alkyl halides is 1. The molecule has 1 fully saturated rings. The highest BCUT2D eigenvalue weighted by Crippen LogP contribution is 2.03. The van der Waals surface area contributed by atoms with Crippen LogP contribution in [0.4, 0.5) is 4.79 Å². The Morgan fingerprint density at radius 2 is 2.14 bits per heavy atom. The SMILES string of the molecule is O=NN(CCCl)C(=O)N1CCOCC1. The predicted molar refractivity (Wildman–Crippen MR) is 51.0 cm³/mol. The van der Waals surface area contributed by atoms with Crippen molar-refractivity contribution in [2.45, 2.75) is 0 Å². The van der Waals surface area contributed by atoms with E-state index in [1.54, 1.807) is 0 Å². The minimum absolute atomic E-state index is 0.140. The van der Waals surface area contributed by atoms with Gasteiger partial charge in [0.2, 0.25) is 0 Å². The van der Waals surface area contributed by atoms with Gasteiger partial charge in [0.15, 0.2) is 0 Å². The molecule has 0 unspecified atom stereocenters. The molecule has 0 N–H and O–H groups in total. The number of hydrogen-bond acceptors (Lipinski definition) is 4. The zero-order valence-corrected chi connectivity index (χ0v) is 8.44. The van der Waals surface area contributed by atoms with Crippen LogP contribution in [0.2, 0.25) is 0 Å². The quantitative estimate of drug-likeness (QED) is 0.400. The Labute approximate surface area is 86.7 Å². The monoisotopic (exact) mass is 221 g/mol. The lowest BCUT2D eigenvalue weighted by molar-refractivity contribution is 0.0438. The van der Waals surface area contributed by atoms with E-state index in [1.165, 1.54) is 4.90 Å². The maximum absolute atomic E-state index is 11.6. The predicted octanol–water partition coefficient (Wildman–Crippen LogP) is 0.661. The molecule has 1 aliphatic rings. The number of carbonyl (C=O) groups is 1. The fourth-order valence-corrected chi connectivity index (χ4v) is 1.33. The van der Waals surface area contributed by atoms with Gasteiger partial charge in [-0.3, -0.25) is 0 Å². The molecule has 1 heterocycles. The van der Waals surface area contributed by atoms with Gasteiger partial charge in [0.25, 0.3) is 0 Å². The molecule has 14 heavy (non-hydrogen) atoms. The first-order valence-electron chi connectivity index (χ1n) is 4.33. The van der Waals surface area contributed by atoms with Crippen molar-refractivity contribution in [1.29, 1.82) is 0 Å². The Morgan fingerprint density at radius 3 is 2.64 bits per heavy atom. The van der Waals surface area contributed by atoms with Gasteiger partial charge in [-0.05, 0) is 0 Å². The van der Waals surface area contributed by atoms with Crippen molar-refractivity contribution in [3.63, 3.8) is 0 Å². The molecule has 1 rings (SSSR count). The van der Waals surface area contributed by atoms with E-state index in [0.717, 1.165) is 5.01 Å². The summed E-state index contributed by atoms with van der Waals surface area (Å²) in [5, 5.41) is 3.45. The van der Waals surface area contributed by atoms with Crippen molar-refractivity contribution in [3.05, 3.63) is 4.91 Å². The molecular weight excluding hydrogens is 210 g/mol. The van der Waals surface area contributed by atoms with E-state index in [4.69, 9.17) is 16.3 Å². The van der Waals surface area contributed by atoms with E-state index in [2.05, 4.69) is 5.29 Å². The lowest BCUT2D eigenvalue weighted by Crippen LogP contribution is -2.46. The highest BCUT2D eigenvalue weighted by atomic mass is 35.5. The van der Waals surface area contributed by atoms with Gasteiger partial charge in [-0.25, -0.2) is 4.79 Å². The van der Waals surface area contributed by atoms with Gasteiger partial charge in [-0.2, -0.15) is 5.01 Å². The molecule has 0 atom stereocenters. The Balaban J connectivity index is 2.47. The molecule has 0 aliphatic carbocycles. The summed E-state index contributed by atoms with van der Waals surface area (Å²) in [5.41, 5.74) is 0. The average molecular weight is 222 g/mol. The minimum atomic E-state index is -0.399. The number of urea groups is 1. The summed E-state index contributed by atoms with van der Waals surface area (Å²) in [6.45, 7) is 2.13. The van der Waals surface area contributed by atoms with Crippen molar-refractivity contribution in [2.24, 2.45) is 5.29 Å². The normalized spacial score (nSPS) is 16.5. The summed E-state index contributed by atoms with van der Waals surface area (Å²) < 4.78 is 5.08. The van der Waals surface area contributed by atoms with E-state index in [9.17, 15) is 9.70 Å². The maximum atomic E-state index is 11.6. The molecule has 0 bridgehead atoms. The second-order valence-electron chi connectivity index (χ2n) is 2.78. The number of amides is 2. The van der Waals surface area contributed by atoms with E-state index >= 15 is 0 Å². The fourth-order valence-electron chi connectivity index (χ4n) is 1.17. The fraction of sp³-hybridized carbons (Fsp3) is 0.857. The van der Waals surface area contributed by atoms with Crippen LogP contribution in [0.3, 0.4) is 0 Å². The van der Waals surface area contributed by atoms with Gasteiger partial charge < -0.3 is 9.64 Å². The summed E-state index contributed by atoms with van der Waals surface area (Å²) in [6.07, 6.45) is 0. The van der Waals surface area contributed by atoms with Crippen LogP contribution in [0.1, 0.15) is 0 Å². The summed E-state index contributed by atoms with van der Waals surface area (Å²) in [6, 6.07) is -0.399. The number of halogens is 1. The lowest BCUT2D eigenvalue weighted by atomic mass is 10.4. The molecule has 1 aliphatic heterocycles. The summed E-state index contributed by atoms with van der Waals surface area (Å²) in [4.78, 5) is 23.4. The number of nitrogens with zero attached hydrogens (tertiary/aromatic N) is 3. The molecule has 7 heteroatoms. The average Bonchev–Trinajstić information content (AvgIpc) is 2.26. The number of carbonyl (C=O) groups excluding carboxylic acids is 1. The van der Waals surface area contributed by atoms with Crippen LogP contribution in [0.5, 0.6) is 0 Å². The first-order chi connectivity index (χ1) is 6.79. The molecule has 0 radical (unpaired) electrons. The molecule has 0 aromatic heterocycles. The van der Waals surface area contributed by atoms with Crippen molar-refractivity contribution >= 4 is 17.6 Å². The van der Waals surface area contributed by atoms with Crippen molar-refractivity contribution in [3.8, 4) is 0 Å². The Kier molecular flexibility index (Phi) is 4.61. The van der Waals surface area contributed by atoms with Crippen molar-refractivity contribution in [1.82, 2.24) is 9.91 Å². The third-order valence-corrected chi connectivity index (χ3v) is 2.07. The molecule has 0 aromatic rings. The third-order valence-electron chi connectivity index (χ3n) is 1.90. The highest BCUT2D eigenvalue weighted by molar-refractivity contribution is 6.18. The van der Waals surface area contributed by atoms with E-state index in [1.807, 2.05) is 0 Å². The maximum Gasteiger partial charge on any atom is 0.343 e.